The zero-order valence-corrected chi connectivity index (χ0v) is 12.5. The third-order valence-electron chi connectivity index (χ3n) is 3.13. The SMILES string of the molecule is COc1ccc(/C=C/C(=O)c2cc3ccsc3[nH]c2=O)cn1. The quantitative estimate of drug-likeness (QED) is 0.594. The molecule has 0 radical (unpaired) electrons. The van der Waals surface area contributed by atoms with Gasteiger partial charge in [-0.3, -0.25) is 9.59 Å². The molecule has 0 saturated heterocycles. The molecule has 0 atom stereocenters. The lowest BCUT2D eigenvalue weighted by Gasteiger charge is -1.98. The van der Waals surface area contributed by atoms with Crippen LogP contribution in [-0.4, -0.2) is 22.9 Å². The fourth-order valence-corrected chi connectivity index (χ4v) is 2.75. The van der Waals surface area contributed by atoms with E-state index in [1.165, 1.54) is 24.5 Å². The van der Waals surface area contributed by atoms with Gasteiger partial charge in [0.2, 0.25) is 5.88 Å². The lowest BCUT2D eigenvalue weighted by atomic mass is 10.1. The number of nitrogens with one attached hydrogen (secondary N) is 1. The lowest BCUT2D eigenvalue weighted by molar-refractivity contribution is 0.104. The van der Waals surface area contributed by atoms with Gasteiger partial charge in [0.15, 0.2) is 5.78 Å². The number of hydrogen-bond acceptors (Lipinski definition) is 5. The van der Waals surface area contributed by atoms with Gasteiger partial charge in [0.1, 0.15) is 4.83 Å². The Bertz CT molecular complexity index is 907. The van der Waals surface area contributed by atoms with Crippen molar-refractivity contribution in [1.29, 1.82) is 0 Å². The van der Waals surface area contributed by atoms with Gasteiger partial charge in [0.05, 0.1) is 12.7 Å². The first-order valence-electron chi connectivity index (χ1n) is 6.50. The Labute approximate surface area is 129 Å². The number of ether oxygens (including phenoxy) is 1. The first-order valence-corrected chi connectivity index (χ1v) is 7.38. The third-order valence-corrected chi connectivity index (χ3v) is 3.97. The maximum absolute atomic E-state index is 12.2. The van der Waals surface area contributed by atoms with Crippen molar-refractivity contribution in [2.45, 2.75) is 0 Å². The Morgan fingerprint density at radius 1 is 1.36 bits per heavy atom. The number of pyridine rings is 2. The minimum absolute atomic E-state index is 0.128. The van der Waals surface area contributed by atoms with Gasteiger partial charge in [-0.1, -0.05) is 0 Å². The maximum atomic E-state index is 12.2. The molecule has 0 unspecified atom stereocenters. The van der Waals surface area contributed by atoms with Crippen LogP contribution >= 0.6 is 11.3 Å². The number of aromatic amines is 1. The molecule has 3 rings (SSSR count). The Morgan fingerprint density at radius 2 is 2.23 bits per heavy atom. The number of aromatic nitrogens is 2. The molecule has 0 aliphatic carbocycles. The number of ketones is 1. The summed E-state index contributed by atoms with van der Waals surface area (Å²) in [6, 6.07) is 6.96. The van der Waals surface area contributed by atoms with Crippen molar-refractivity contribution in [3.8, 4) is 5.88 Å². The zero-order chi connectivity index (χ0) is 15.5. The topological polar surface area (TPSA) is 72.1 Å². The molecule has 0 bridgehead atoms. The molecule has 3 aromatic rings. The van der Waals surface area contributed by atoms with Gasteiger partial charge in [0, 0.05) is 17.6 Å². The second-order valence-corrected chi connectivity index (χ2v) is 5.46. The number of carbonyl (C=O) groups is 1. The molecule has 0 spiro atoms. The van der Waals surface area contributed by atoms with Crippen molar-refractivity contribution in [1.82, 2.24) is 9.97 Å². The van der Waals surface area contributed by atoms with E-state index in [1.807, 2.05) is 11.4 Å². The molecule has 1 N–H and O–H groups in total. The first-order chi connectivity index (χ1) is 10.7. The standard InChI is InChI=1S/C16H12N2O3S/c1-21-14-5-3-10(9-17-14)2-4-13(19)12-8-11-6-7-22-16(11)18-15(12)20/h2-9H,1H3,(H,18,20)/b4-2+. The summed E-state index contributed by atoms with van der Waals surface area (Å²) < 4.78 is 4.97. The molecule has 0 fully saturated rings. The molecule has 0 aromatic carbocycles. The fraction of sp³-hybridized carbons (Fsp3) is 0.0625. The molecule has 3 heterocycles. The van der Waals surface area contributed by atoms with E-state index in [0.29, 0.717) is 5.88 Å². The third kappa shape index (κ3) is 2.82. The number of fused-ring (bicyclic) bond motifs is 1. The predicted octanol–water partition coefficient (Wildman–Crippen LogP) is 2.89. The molecule has 0 saturated carbocycles. The number of H-pyrrole nitrogens is 1. The van der Waals surface area contributed by atoms with Crippen LogP contribution in [0.1, 0.15) is 15.9 Å². The minimum Gasteiger partial charge on any atom is -0.481 e. The van der Waals surface area contributed by atoms with E-state index in [4.69, 9.17) is 4.74 Å². The van der Waals surface area contributed by atoms with E-state index in [2.05, 4.69) is 9.97 Å². The Hall–Kier alpha value is -2.73. The number of methoxy groups -OCH3 is 1. The smallest absolute Gasteiger partial charge is 0.260 e. The highest BCUT2D eigenvalue weighted by atomic mass is 32.1. The van der Waals surface area contributed by atoms with Crippen molar-refractivity contribution < 1.29 is 9.53 Å². The molecular formula is C16H12N2O3S. The molecule has 3 aromatic heterocycles. The fourth-order valence-electron chi connectivity index (χ4n) is 1.98. The second kappa shape index (κ2) is 5.95. The highest BCUT2D eigenvalue weighted by Crippen LogP contribution is 2.17. The molecule has 22 heavy (non-hydrogen) atoms. The van der Waals surface area contributed by atoms with Gasteiger partial charge >= 0.3 is 0 Å². The van der Waals surface area contributed by atoms with Gasteiger partial charge in [-0.2, -0.15) is 0 Å². The number of hydrogen-bond donors (Lipinski definition) is 1. The van der Waals surface area contributed by atoms with Gasteiger partial charge in [-0.15, -0.1) is 11.3 Å². The van der Waals surface area contributed by atoms with Crippen LogP contribution in [0.5, 0.6) is 5.88 Å². The second-order valence-electron chi connectivity index (χ2n) is 4.55. The van der Waals surface area contributed by atoms with Crippen LogP contribution in [0.2, 0.25) is 0 Å². The number of thiophene rings is 1. The monoisotopic (exact) mass is 312 g/mol. The Kier molecular flexibility index (Phi) is 3.84. The van der Waals surface area contributed by atoms with Crippen molar-refractivity contribution in [3.05, 3.63) is 63.4 Å². The highest BCUT2D eigenvalue weighted by molar-refractivity contribution is 7.16. The van der Waals surface area contributed by atoms with E-state index in [9.17, 15) is 9.59 Å². The molecule has 0 aliphatic heterocycles. The van der Waals surface area contributed by atoms with Gasteiger partial charge in [0.25, 0.3) is 5.56 Å². The largest absolute Gasteiger partial charge is 0.481 e. The maximum Gasteiger partial charge on any atom is 0.260 e. The summed E-state index contributed by atoms with van der Waals surface area (Å²) in [5.74, 6) is 0.160. The highest BCUT2D eigenvalue weighted by Gasteiger charge is 2.09. The molecule has 110 valence electrons. The van der Waals surface area contributed by atoms with Gasteiger partial charge in [-0.25, -0.2) is 4.98 Å². The average Bonchev–Trinajstić information content (AvgIpc) is 2.99. The van der Waals surface area contributed by atoms with Crippen LogP contribution in [-0.2, 0) is 0 Å². The molecule has 5 nitrogen and oxygen atoms in total. The van der Waals surface area contributed by atoms with Crippen LogP contribution in [0.4, 0.5) is 0 Å². The predicted molar refractivity (Wildman–Crippen MR) is 86.6 cm³/mol. The molecule has 0 amide bonds. The van der Waals surface area contributed by atoms with Crippen LogP contribution in [0, 0.1) is 0 Å². The zero-order valence-electron chi connectivity index (χ0n) is 11.7. The van der Waals surface area contributed by atoms with Crippen molar-refractivity contribution in [2.24, 2.45) is 0 Å². The first kappa shape index (κ1) is 14.2. The summed E-state index contributed by atoms with van der Waals surface area (Å²) in [5, 5.41) is 2.72. The van der Waals surface area contributed by atoms with E-state index < -0.39 is 0 Å². The Morgan fingerprint density at radius 3 is 2.95 bits per heavy atom. The van der Waals surface area contributed by atoms with Crippen molar-refractivity contribution >= 4 is 33.4 Å². The number of carbonyl (C=O) groups excluding carboxylic acids is 1. The number of nitrogens with zero attached hydrogens (tertiary/aromatic N) is 1. The van der Waals surface area contributed by atoms with E-state index in [1.54, 1.807) is 30.5 Å². The summed E-state index contributed by atoms with van der Waals surface area (Å²) >= 11 is 1.43. The van der Waals surface area contributed by atoms with Crippen LogP contribution in [0.3, 0.4) is 0 Å². The number of allylic oxidation sites excluding steroid dienone is 1. The van der Waals surface area contributed by atoms with E-state index in [0.717, 1.165) is 15.8 Å². The van der Waals surface area contributed by atoms with Crippen molar-refractivity contribution in [3.63, 3.8) is 0 Å². The lowest BCUT2D eigenvalue weighted by Crippen LogP contribution is -2.15. The van der Waals surface area contributed by atoms with Crippen LogP contribution in [0.25, 0.3) is 16.3 Å². The normalized spacial score (nSPS) is 11.1. The summed E-state index contributed by atoms with van der Waals surface area (Å²) in [6.45, 7) is 0. The molecular weight excluding hydrogens is 300 g/mol. The molecule has 0 aliphatic rings. The summed E-state index contributed by atoms with van der Waals surface area (Å²) in [4.78, 5) is 31.6. The van der Waals surface area contributed by atoms with E-state index >= 15 is 0 Å². The Balaban J connectivity index is 1.87. The van der Waals surface area contributed by atoms with E-state index in [-0.39, 0.29) is 16.9 Å². The van der Waals surface area contributed by atoms with Gasteiger partial charge < -0.3 is 9.72 Å². The van der Waals surface area contributed by atoms with Gasteiger partial charge in [-0.05, 0) is 41.3 Å². The van der Waals surface area contributed by atoms with Crippen LogP contribution in [0.15, 0.2) is 46.7 Å². The summed E-state index contributed by atoms with van der Waals surface area (Å²) in [7, 11) is 1.54. The summed E-state index contributed by atoms with van der Waals surface area (Å²) in [6.07, 6.45) is 4.58. The van der Waals surface area contributed by atoms with Crippen LogP contribution < -0.4 is 10.3 Å². The average molecular weight is 312 g/mol. The summed E-state index contributed by atoms with van der Waals surface area (Å²) in [5.41, 5.74) is 0.503. The minimum atomic E-state index is -0.377. The molecule has 6 heteroatoms. The number of rotatable bonds is 4. The van der Waals surface area contributed by atoms with Crippen molar-refractivity contribution in [2.75, 3.05) is 7.11 Å².